The summed E-state index contributed by atoms with van der Waals surface area (Å²) in [5.41, 5.74) is 7.78. The third-order valence-corrected chi connectivity index (χ3v) is 4.11. The predicted octanol–water partition coefficient (Wildman–Crippen LogP) is 2.23. The number of benzene rings is 1. The fraction of sp³-hybridized carbons (Fsp3) is 0.571. The van der Waals surface area contributed by atoms with E-state index in [0.29, 0.717) is 0 Å². The van der Waals surface area contributed by atoms with Crippen LogP contribution in [0.3, 0.4) is 0 Å². The number of aryl methyl sites for hydroxylation is 1. The Labute approximate surface area is 97.9 Å². The Balaban J connectivity index is 2.26. The third-order valence-electron chi connectivity index (χ3n) is 4.11. The van der Waals surface area contributed by atoms with Gasteiger partial charge in [-0.25, -0.2) is 0 Å². The minimum Gasteiger partial charge on any atom is -0.372 e. The van der Waals surface area contributed by atoms with Gasteiger partial charge in [0.2, 0.25) is 0 Å². The number of likely N-dealkylation sites (N-methyl/N-ethyl adjacent to an activating group) is 2. The van der Waals surface area contributed by atoms with E-state index >= 15 is 0 Å². The molecule has 0 unspecified atom stereocenters. The number of hydrogen-bond donors (Lipinski definition) is 0. The maximum Gasteiger partial charge on any atom is 0.0640 e. The van der Waals surface area contributed by atoms with E-state index in [-0.39, 0.29) is 0 Å². The maximum absolute atomic E-state index is 2.46. The summed E-state index contributed by atoms with van der Waals surface area (Å²) in [5, 5.41) is 0. The summed E-state index contributed by atoms with van der Waals surface area (Å²) in [6, 6.07) is 2.46. The van der Waals surface area contributed by atoms with Gasteiger partial charge in [0.15, 0.2) is 0 Å². The van der Waals surface area contributed by atoms with Crippen LogP contribution in [0.1, 0.15) is 23.6 Å². The molecule has 0 aliphatic carbocycles. The molecule has 86 valence electrons. The lowest BCUT2D eigenvalue weighted by Gasteiger charge is -2.22. The molecule has 0 saturated carbocycles. The molecule has 2 nitrogen and oxygen atoms in total. The van der Waals surface area contributed by atoms with Gasteiger partial charge in [-0.05, 0) is 36.0 Å². The quantitative estimate of drug-likeness (QED) is 0.710. The van der Waals surface area contributed by atoms with Crippen LogP contribution in [0.15, 0.2) is 6.07 Å². The molecule has 0 atom stereocenters. The fourth-order valence-corrected chi connectivity index (χ4v) is 3.23. The molecule has 0 amide bonds. The van der Waals surface area contributed by atoms with Crippen LogP contribution >= 0.6 is 0 Å². The van der Waals surface area contributed by atoms with Crippen molar-refractivity contribution in [3.05, 3.63) is 22.8 Å². The van der Waals surface area contributed by atoms with E-state index in [4.69, 9.17) is 0 Å². The lowest BCUT2D eigenvalue weighted by molar-refractivity contribution is 0.933. The maximum atomic E-state index is 2.46. The second-order valence-electron chi connectivity index (χ2n) is 5.07. The van der Waals surface area contributed by atoms with Crippen molar-refractivity contribution in [3.63, 3.8) is 0 Å². The van der Waals surface area contributed by atoms with E-state index in [2.05, 4.69) is 36.9 Å². The summed E-state index contributed by atoms with van der Waals surface area (Å²) in [6.07, 6.45) is 3.63. The molecule has 0 N–H and O–H groups in total. The summed E-state index contributed by atoms with van der Waals surface area (Å²) in [5.74, 6) is 0. The van der Waals surface area contributed by atoms with Gasteiger partial charge in [-0.3, -0.25) is 0 Å². The Bertz CT molecular complexity index is 437. The third kappa shape index (κ3) is 1.19. The highest BCUT2D eigenvalue weighted by Gasteiger charge is 2.29. The van der Waals surface area contributed by atoms with Crippen LogP contribution < -0.4 is 9.80 Å². The van der Waals surface area contributed by atoms with Gasteiger partial charge in [-0.15, -0.1) is 0 Å². The van der Waals surface area contributed by atoms with Crippen LogP contribution in [-0.2, 0) is 19.3 Å². The van der Waals surface area contributed by atoms with Crippen molar-refractivity contribution in [1.82, 2.24) is 0 Å². The van der Waals surface area contributed by atoms with Crippen molar-refractivity contribution in [3.8, 4) is 0 Å². The van der Waals surface area contributed by atoms with Gasteiger partial charge in [0.25, 0.3) is 0 Å². The van der Waals surface area contributed by atoms with Gasteiger partial charge in [-0.2, -0.15) is 0 Å². The number of nitrogens with zero attached hydrogens (tertiary/aromatic N) is 2. The van der Waals surface area contributed by atoms with E-state index in [1.807, 2.05) is 0 Å². The molecule has 2 aliphatic heterocycles. The molecule has 2 aliphatic rings. The summed E-state index contributed by atoms with van der Waals surface area (Å²) in [4.78, 5) is 4.87. The number of rotatable bonds is 1. The summed E-state index contributed by atoms with van der Waals surface area (Å²) < 4.78 is 0. The molecule has 0 saturated heterocycles. The molecule has 0 fully saturated rings. The minimum atomic E-state index is 1.17. The van der Waals surface area contributed by atoms with Gasteiger partial charge < -0.3 is 9.80 Å². The molecular formula is C14H20N2. The summed E-state index contributed by atoms with van der Waals surface area (Å²) in [6.45, 7) is 4.65. The monoisotopic (exact) mass is 216 g/mol. The summed E-state index contributed by atoms with van der Waals surface area (Å²) >= 11 is 0. The van der Waals surface area contributed by atoms with Gasteiger partial charge in [0, 0.05) is 27.2 Å². The van der Waals surface area contributed by atoms with Gasteiger partial charge in [0.1, 0.15) is 0 Å². The minimum absolute atomic E-state index is 1.17. The van der Waals surface area contributed by atoms with Crippen molar-refractivity contribution < 1.29 is 0 Å². The van der Waals surface area contributed by atoms with Crippen LogP contribution in [0, 0.1) is 0 Å². The Morgan fingerprint density at radius 1 is 1.06 bits per heavy atom. The van der Waals surface area contributed by atoms with Crippen LogP contribution in [0.4, 0.5) is 11.4 Å². The topological polar surface area (TPSA) is 6.48 Å². The highest BCUT2D eigenvalue weighted by Crippen LogP contribution is 2.44. The molecular weight excluding hydrogens is 196 g/mol. The molecule has 0 radical (unpaired) electrons. The average Bonchev–Trinajstić information content (AvgIpc) is 2.83. The normalized spacial score (nSPS) is 17.9. The molecule has 0 bridgehead atoms. The SMILES string of the molecule is CCc1cc2c(c3c1CCN3C)N(C)CC2. The zero-order valence-electron chi connectivity index (χ0n) is 10.5. The van der Waals surface area contributed by atoms with Crippen LogP contribution in [-0.4, -0.2) is 27.2 Å². The first-order valence-corrected chi connectivity index (χ1v) is 6.32. The average molecular weight is 216 g/mol. The Kier molecular flexibility index (Phi) is 2.13. The Hall–Kier alpha value is -1.18. The molecule has 3 rings (SSSR count). The molecule has 16 heavy (non-hydrogen) atoms. The molecule has 0 aromatic heterocycles. The van der Waals surface area contributed by atoms with Crippen molar-refractivity contribution in [2.45, 2.75) is 26.2 Å². The smallest absolute Gasteiger partial charge is 0.0640 e. The highest BCUT2D eigenvalue weighted by atomic mass is 15.2. The molecule has 2 heterocycles. The largest absolute Gasteiger partial charge is 0.372 e. The van der Waals surface area contributed by atoms with Gasteiger partial charge in [0.05, 0.1) is 11.4 Å². The number of anilines is 2. The zero-order valence-corrected chi connectivity index (χ0v) is 10.5. The van der Waals surface area contributed by atoms with E-state index in [1.54, 1.807) is 16.7 Å². The number of fused-ring (bicyclic) bond motifs is 3. The van der Waals surface area contributed by atoms with Crippen molar-refractivity contribution in [1.29, 1.82) is 0 Å². The van der Waals surface area contributed by atoms with Crippen LogP contribution in [0.2, 0.25) is 0 Å². The predicted molar refractivity (Wildman–Crippen MR) is 69.8 cm³/mol. The van der Waals surface area contributed by atoms with Crippen molar-refractivity contribution in [2.75, 3.05) is 37.0 Å². The molecule has 0 spiro atoms. The Morgan fingerprint density at radius 2 is 1.75 bits per heavy atom. The molecule has 1 aromatic rings. The fourth-order valence-electron chi connectivity index (χ4n) is 3.23. The second kappa shape index (κ2) is 3.41. The first-order valence-electron chi connectivity index (χ1n) is 6.32. The highest BCUT2D eigenvalue weighted by molar-refractivity contribution is 5.82. The second-order valence-corrected chi connectivity index (χ2v) is 5.07. The molecule has 2 heteroatoms. The van der Waals surface area contributed by atoms with Gasteiger partial charge >= 0.3 is 0 Å². The molecule has 1 aromatic carbocycles. The zero-order chi connectivity index (χ0) is 11.3. The first kappa shape index (κ1) is 10.0. The lowest BCUT2D eigenvalue weighted by Crippen LogP contribution is -2.18. The number of hydrogen-bond acceptors (Lipinski definition) is 2. The van der Waals surface area contributed by atoms with E-state index in [1.165, 1.54) is 43.7 Å². The first-order chi connectivity index (χ1) is 7.72. The Morgan fingerprint density at radius 3 is 2.50 bits per heavy atom. The van der Waals surface area contributed by atoms with E-state index in [9.17, 15) is 0 Å². The van der Waals surface area contributed by atoms with Gasteiger partial charge in [-0.1, -0.05) is 13.0 Å². The standard InChI is InChI=1S/C14H20N2/c1-4-10-9-11-5-7-15(2)13(11)14-12(10)6-8-16(14)3/h9H,4-8H2,1-3H3. The van der Waals surface area contributed by atoms with E-state index in [0.717, 1.165) is 0 Å². The lowest BCUT2D eigenvalue weighted by atomic mass is 9.97. The van der Waals surface area contributed by atoms with Crippen molar-refractivity contribution >= 4 is 11.4 Å². The summed E-state index contributed by atoms with van der Waals surface area (Å²) in [7, 11) is 4.46. The van der Waals surface area contributed by atoms with Crippen LogP contribution in [0.25, 0.3) is 0 Å². The van der Waals surface area contributed by atoms with Crippen molar-refractivity contribution in [2.24, 2.45) is 0 Å². The van der Waals surface area contributed by atoms with Crippen LogP contribution in [0.5, 0.6) is 0 Å². The van der Waals surface area contributed by atoms with E-state index < -0.39 is 0 Å².